The fourth-order valence-corrected chi connectivity index (χ4v) is 2.48. The normalized spacial score (nSPS) is 10.1. The van der Waals surface area contributed by atoms with Gasteiger partial charge in [-0.1, -0.05) is 24.3 Å². The Morgan fingerprint density at radius 2 is 1.88 bits per heavy atom. The lowest BCUT2D eigenvalue weighted by Crippen LogP contribution is -2.32. The van der Waals surface area contributed by atoms with Gasteiger partial charge in [0.05, 0.1) is 13.5 Å². The number of anilines is 1. The second-order valence-electron chi connectivity index (χ2n) is 5.39. The van der Waals surface area contributed by atoms with Gasteiger partial charge in [0.15, 0.2) is 5.78 Å². The topological polar surface area (TPSA) is 46.6 Å². The van der Waals surface area contributed by atoms with Crippen LogP contribution in [0.15, 0.2) is 61.2 Å². The molecule has 0 aromatic heterocycles. The number of carbonyl (C=O) groups is 2. The van der Waals surface area contributed by atoms with E-state index >= 15 is 0 Å². The van der Waals surface area contributed by atoms with E-state index in [1.165, 1.54) is 6.92 Å². The van der Waals surface area contributed by atoms with E-state index in [-0.39, 0.29) is 18.1 Å². The number of rotatable bonds is 7. The zero-order valence-electron chi connectivity index (χ0n) is 14.0. The number of amides is 1. The lowest BCUT2D eigenvalue weighted by Gasteiger charge is -2.22. The second-order valence-corrected chi connectivity index (χ2v) is 5.39. The summed E-state index contributed by atoms with van der Waals surface area (Å²) < 4.78 is 5.32. The molecule has 0 aliphatic carbocycles. The highest BCUT2D eigenvalue weighted by Gasteiger charge is 2.17. The number of benzene rings is 2. The summed E-state index contributed by atoms with van der Waals surface area (Å²) in [7, 11) is 1.55. The molecule has 0 heterocycles. The number of ether oxygens (including phenoxy) is 1. The summed E-state index contributed by atoms with van der Waals surface area (Å²) in [6, 6.07) is 14.6. The van der Waals surface area contributed by atoms with E-state index < -0.39 is 0 Å². The maximum Gasteiger partial charge on any atom is 0.231 e. The van der Waals surface area contributed by atoms with Gasteiger partial charge in [0.1, 0.15) is 5.75 Å². The molecule has 0 spiro atoms. The number of nitrogens with zero attached hydrogens (tertiary/aromatic N) is 1. The van der Waals surface area contributed by atoms with E-state index in [4.69, 9.17) is 4.74 Å². The lowest BCUT2D eigenvalue weighted by molar-refractivity contribution is -0.117. The van der Waals surface area contributed by atoms with Crippen molar-refractivity contribution in [2.45, 2.75) is 13.3 Å². The van der Waals surface area contributed by atoms with Crippen molar-refractivity contribution in [3.63, 3.8) is 0 Å². The van der Waals surface area contributed by atoms with E-state index in [0.717, 1.165) is 5.69 Å². The van der Waals surface area contributed by atoms with Crippen molar-refractivity contribution in [1.82, 2.24) is 0 Å². The van der Waals surface area contributed by atoms with Gasteiger partial charge < -0.3 is 9.64 Å². The van der Waals surface area contributed by atoms with Gasteiger partial charge in [-0.3, -0.25) is 9.59 Å². The van der Waals surface area contributed by atoms with E-state index in [0.29, 0.717) is 23.4 Å². The average molecular weight is 323 g/mol. The van der Waals surface area contributed by atoms with Crippen LogP contribution in [0, 0.1) is 0 Å². The van der Waals surface area contributed by atoms with Crippen molar-refractivity contribution in [3.05, 3.63) is 72.3 Å². The Bertz CT molecular complexity index is 738. The number of Topliss-reactive ketones (excluding diaryl/α,β-unsaturated/α-hetero) is 1. The van der Waals surface area contributed by atoms with E-state index in [1.54, 1.807) is 36.3 Å². The molecule has 4 heteroatoms. The van der Waals surface area contributed by atoms with Crippen LogP contribution in [0.1, 0.15) is 22.8 Å². The monoisotopic (exact) mass is 323 g/mol. The van der Waals surface area contributed by atoms with Crippen molar-refractivity contribution in [3.8, 4) is 5.75 Å². The van der Waals surface area contributed by atoms with Gasteiger partial charge >= 0.3 is 0 Å². The Labute approximate surface area is 142 Å². The van der Waals surface area contributed by atoms with Crippen molar-refractivity contribution < 1.29 is 14.3 Å². The zero-order valence-corrected chi connectivity index (χ0v) is 14.0. The van der Waals surface area contributed by atoms with Gasteiger partial charge in [-0.2, -0.15) is 0 Å². The van der Waals surface area contributed by atoms with Gasteiger partial charge in [0.2, 0.25) is 5.91 Å². The van der Waals surface area contributed by atoms with Crippen LogP contribution in [0.2, 0.25) is 0 Å². The number of hydrogen-bond acceptors (Lipinski definition) is 3. The van der Waals surface area contributed by atoms with E-state index in [1.807, 2.05) is 30.3 Å². The minimum atomic E-state index is -0.0832. The van der Waals surface area contributed by atoms with E-state index in [9.17, 15) is 9.59 Å². The molecule has 0 saturated carbocycles. The molecular formula is C20H21NO3. The highest BCUT2D eigenvalue weighted by molar-refractivity contribution is 5.97. The molecule has 0 aliphatic heterocycles. The highest BCUT2D eigenvalue weighted by atomic mass is 16.5. The third kappa shape index (κ3) is 4.10. The fraction of sp³-hybridized carbons (Fsp3) is 0.200. The summed E-state index contributed by atoms with van der Waals surface area (Å²) in [6.07, 6.45) is 1.83. The number of para-hydroxylation sites is 1. The number of ketones is 1. The van der Waals surface area contributed by atoms with Gasteiger partial charge in [0, 0.05) is 23.4 Å². The quantitative estimate of drug-likeness (QED) is 0.577. The Hall–Kier alpha value is -2.88. The summed E-state index contributed by atoms with van der Waals surface area (Å²) in [4.78, 5) is 26.0. The molecule has 24 heavy (non-hydrogen) atoms. The zero-order chi connectivity index (χ0) is 17.5. The first-order valence-corrected chi connectivity index (χ1v) is 7.71. The van der Waals surface area contributed by atoms with Crippen molar-refractivity contribution in [1.29, 1.82) is 0 Å². The molecule has 0 fully saturated rings. The predicted octanol–water partition coefficient (Wildman–Crippen LogP) is 3.66. The number of carbonyl (C=O) groups excluding carboxylic acids is 2. The SMILES string of the molecule is C=CCN(C(=O)Cc1cc(C(C)=O)ccc1OC)c1ccccc1. The fourth-order valence-electron chi connectivity index (χ4n) is 2.48. The van der Waals surface area contributed by atoms with Crippen LogP contribution >= 0.6 is 0 Å². The molecule has 1 amide bonds. The molecule has 4 nitrogen and oxygen atoms in total. The predicted molar refractivity (Wildman–Crippen MR) is 95.7 cm³/mol. The van der Waals surface area contributed by atoms with Gasteiger partial charge in [0.25, 0.3) is 0 Å². The van der Waals surface area contributed by atoms with Crippen LogP contribution in [-0.2, 0) is 11.2 Å². The van der Waals surface area contributed by atoms with Crippen LogP contribution in [0.4, 0.5) is 5.69 Å². The number of hydrogen-bond donors (Lipinski definition) is 0. The second kappa shape index (κ2) is 8.11. The molecule has 0 atom stereocenters. The maximum atomic E-state index is 12.8. The first-order chi connectivity index (χ1) is 11.6. The van der Waals surface area contributed by atoms with Gasteiger partial charge in [-0.25, -0.2) is 0 Å². The smallest absolute Gasteiger partial charge is 0.231 e. The van der Waals surface area contributed by atoms with Crippen LogP contribution in [0.5, 0.6) is 5.75 Å². The summed E-state index contributed by atoms with van der Waals surface area (Å²) in [5, 5.41) is 0. The third-order valence-corrected chi connectivity index (χ3v) is 3.71. The Kier molecular flexibility index (Phi) is 5.90. The molecule has 0 unspecified atom stereocenters. The maximum absolute atomic E-state index is 12.8. The first-order valence-electron chi connectivity index (χ1n) is 7.71. The molecule has 2 aromatic rings. The molecular weight excluding hydrogens is 302 g/mol. The minimum absolute atomic E-state index is 0.0441. The molecule has 0 aliphatic rings. The molecule has 124 valence electrons. The van der Waals surface area contributed by atoms with Crippen molar-refractivity contribution in [2.75, 3.05) is 18.6 Å². The van der Waals surface area contributed by atoms with Gasteiger partial charge in [-0.05, 0) is 37.3 Å². The molecule has 0 radical (unpaired) electrons. The minimum Gasteiger partial charge on any atom is -0.496 e. The van der Waals surface area contributed by atoms with Crippen LogP contribution in [0.3, 0.4) is 0 Å². The average Bonchev–Trinajstić information content (AvgIpc) is 2.60. The molecule has 0 bridgehead atoms. The van der Waals surface area contributed by atoms with Crippen molar-refractivity contribution >= 4 is 17.4 Å². The molecule has 0 saturated heterocycles. The summed E-state index contributed by atoms with van der Waals surface area (Å²) in [5.41, 5.74) is 2.07. The van der Waals surface area contributed by atoms with Crippen LogP contribution < -0.4 is 9.64 Å². The largest absolute Gasteiger partial charge is 0.496 e. The van der Waals surface area contributed by atoms with Gasteiger partial charge in [-0.15, -0.1) is 6.58 Å². The molecule has 2 aromatic carbocycles. The Balaban J connectivity index is 2.31. The molecule has 0 N–H and O–H groups in total. The summed E-state index contributed by atoms with van der Waals surface area (Å²) in [6.45, 7) is 5.64. The first kappa shape index (κ1) is 17.5. The highest BCUT2D eigenvalue weighted by Crippen LogP contribution is 2.23. The Morgan fingerprint density at radius 3 is 2.46 bits per heavy atom. The molecule has 2 rings (SSSR count). The standard InChI is InChI=1S/C20H21NO3/c1-4-12-21(18-8-6-5-7-9-18)20(23)14-17-13-16(15(2)22)10-11-19(17)24-3/h4-11,13H,1,12,14H2,2-3H3. The lowest BCUT2D eigenvalue weighted by atomic mass is 10.0. The number of methoxy groups -OCH3 is 1. The Morgan fingerprint density at radius 1 is 1.17 bits per heavy atom. The van der Waals surface area contributed by atoms with Crippen LogP contribution in [0.25, 0.3) is 0 Å². The van der Waals surface area contributed by atoms with Crippen LogP contribution in [-0.4, -0.2) is 25.3 Å². The van der Waals surface area contributed by atoms with Crippen molar-refractivity contribution in [2.24, 2.45) is 0 Å². The summed E-state index contributed by atoms with van der Waals surface area (Å²) >= 11 is 0. The summed E-state index contributed by atoms with van der Waals surface area (Å²) in [5.74, 6) is 0.470. The third-order valence-electron chi connectivity index (χ3n) is 3.71. The van der Waals surface area contributed by atoms with E-state index in [2.05, 4.69) is 6.58 Å².